The number of amides is 1. The zero-order valence-electron chi connectivity index (χ0n) is 12.7. The third kappa shape index (κ3) is 3.59. The summed E-state index contributed by atoms with van der Waals surface area (Å²) in [6.45, 7) is 0.520. The van der Waals surface area contributed by atoms with Crippen molar-refractivity contribution in [2.45, 2.75) is 6.42 Å². The average molecular weight is 368 g/mol. The number of methoxy groups -OCH3 is 2. The molecule has 0 aliphatic heterocycles. The number of nitrogens with one attached hydrogen (secondary N) is 1. The molecule has 7 heteroatoms. The molecule has 6 nitrogen and oxygen atoms in total. The first-order chi connectivity index (χ1) is 10.6. The van der Waals surface area contributed by atoms with Gasteiger partial charge in [0, 0.05) is 13.6 Å². The van der Waals surface area contributed by atoms with E-state index < -0.39 is 0 Å². The third-order valence-electron chi connectivity index (χ3n) is 3.26. The Bertz CT molecular complexity index is 651. The van der Waals surface area contributed by atoms with Crippen LogP contribution in [0, 0.1) is 0 Å². The minimum Gasteiger partial charge on any atom is -0.493 e. The van der Waals surface area contributed by atoms with E-state index in [2.05, 4.69) is 26.3 Å². The molecule has 1 amide bonds. The van der Waals surface area contributed by atoms with Crippen LogP contribution in [0.4, 0.5) is 0 Å². The molecule has 0 unspecified atom stereocenters. The van der Waals surface area contributed by atoms with Gasteiger partial charge in [0.1, 0.15) is 5.69 Å². The number of halogens is 1. The Hall–Kier alpha value is -2.02. The predicted octanol–water partition coefficient (Wildman–Crippen LogP) is 2.17. The minimum absolute atomic E-state index is 0.160. The van der Waals surface area contributed by atoms with Gasteiger partial charge in [0.2, 0.25) is 0 Å². The number of hydrogen-bond donors (Lipinski definition) is 1. The zero-order chi connectivity index (χ0) is 16.1. The van der Waals surface area contributed by atoms with Crippen LogP contribution in [0.3, 0.4) is 0 Å². The van der Waals surface area contributed by atoms with Gasteiger partial charge in [-0.3, -0.25) is 9.48 Å². The maximum absolute atomic E-state index is 12.1. The first kappa shape index (κ1) is 16.4. The molecule has 2 rings (SSSR count). The normalized spacial score (nSPS) is 10.4. The standard InChI is InChI=1S/C15H18BrN3O3/c1-19-14(11(16)9-18-19)15(20)17-7-6-10-4-5-12(21-2)13(8-10)22-3/h4-5,8-9H,6-7H2,1-3H3,(H,17,20). The number of aryl methyl sites for hydroxylation is 1. The van der Waals surface area contributed by atoms with Gasteiger partial charge in [-0.05, 0) is 40.0 Å². The molecular formula is C15H18BrN3O3. The van der Waals surface area contributed by atoms with Gasteiger partial charge in [0.15, 0.2) is 11.5 Å². The van der Waals surface area contributed by atoms with Gasteiger partial charge in [-0.25, -0.2) is 0 Å². The van der Waals surface area contributed by atoms with Crippen LogP contribution >= 0.6 is 15.9 Å². The van der Waals surface area contributed by atoms with Gasteiger partial charge in [0.25, 0.3) is 5.91 Å². The summed E-state index contributed by atoms with van der Waals surface area (Å²) in [5.74, 6) is 1.21. The molecule has 1 heterocycles. The first-order valence-electron chi connectivity index (χ1n) is 6.73. The zero-order valence-corrected chi connectivity index (χ0v) is 14.3. The number of hydrogen-bond acceptors (Lipinski definition) is 4. The lowest BCUT2D eigenvalue weighted by atomic mass is 10.1. The molecule has 0 saturated carbocycles. The van der Waals surface area contributed by atoms with Crippen molar-refractivity contribution in [3.05, 3.63) is 40.1 Å². The monoisotopic (exact) mass is 367 g/mol. The lowest BCUT2D eigenvalue weighted by Gasteiger charge is -2.10. The molecule has 0 aliphatic carbocycles. The topological polar surface area (TPSA) is 65.4 Å². The number of benzene rings is 1. The number of nitrogens with zero attached hydrogens (tertiary/aromatic N) is 2. The van der Waals surface area contributed by atoms with Crippen LogP contribution in [0.15, 0.2) is 28.9 Å². The van der Waals surface area contributed by atoms with Crippen LogP contribution in [-0.2, 0) is 13.5 Å². The third-order valence-corrected chi connectivity index (χ3v) is 3.84. The number of aromatic nitrogens is 2. The highest BCUT2D eigenvalue weighted by Gasteiger charge is 2.14. The molecule has 118 valence electrons. The van der Waals surface area contributed by atoms with E-state index in [-0.39, 0.29) is 5.91 Å². The second-order valence-electron chi connectivity index (χ2n) is 4.66. The van der Waals surface area contributed by atoms with Crippen LogP contribution in [0.5, 0.6) is 11.5 Å². The van der Waals surface area contributed by atoms with Crippen LogP contribution in [0.2, 0.25) is 0 Å². The Morgan fingerprint density at radius 3 is 2.64 bits per heavy atom. The van der Waals surface area contributed by atoms with Gasteiger partial charge < -0.3 is 14.8 Å². The lowest BCUT2D eigenvalue weighted by molar-refractivity contribution is 0.0944. The van der Waals surface area contributed by atoms with Crippen LogP contribution in [0.25, 0.3) is 0 Å². The summed E-state index contributed by atoms with van der Waals surface area (Å²) in [7, 11) is 4.93. The highest BCUT2D eigenvalue weighted by atomic mass is 79.9. The highest BCUT2D eigenvalue weighted by Crippen LogP contribution is 2.27. The summed E-state index contributed by atoms with van der Waals surface area (Å²) in [6.07, 6.45) is 2.30. The molecule has 1 N–H and O–H groups in total. The van der Waals surface area contributed by atoms with E-state index in [0.717, 1.165) is 5.56 Å². The van der Waals surface area contributed by atoms with Crippen molar-refractivity contribution in [2.24, 2.45) is 7.05 Å². The maximum atomic E-state index is 12.1. The number of rotatable bonds is 6. The van der Waals surface area contributed by atoms with Gasteiger partial charge in [-0.15, -0.1) is 0 Å². The summed E-state index contributed by atoms with van der Waals surface area (Å²) in [5.41, 5.74) is 1.56. The van der Waals surface area contributed by atoms with Crippen molar-refractivity contribution in [1.82, 2.24) is 15.1 Å². The quantitative estimate of drug-likeness (QED) is 0.849. The van der Waals surface area contributed by atoms with Crippen molar-refractivity contribution in [1.29, 1.82) is 0 Å². The van der Waals surface area contributed by atoms with Gasteiger partial charge in [-0.2, -0.15) is 5.10 Å². The Balaban J connectivity index is 1.95. The maximum Gasteiger partial charge on any atom is 0.270 e. The molecule has 0 atom stereocenters. The molecule has 1 aromatic carbocycles. The predicted molar refractivity (Wildman–Crippen MR) is 86.5 cm³/mol. The number of ether oxygens (including phenoxy) is 2. The fraction of sp³-hybridized carbons (Fsp3) is 0.333. The largest absolute Gasteiger partial charge is 0.493 e. The van der Waals surface area contributed by atoms with Gasteiger partial charge in [-0.1, -0.05) is 6.07 Å². The summed E-state index contributed by atoms with van der Waals surface area (Å²) in [5, 5.41) is 6.90. The van der Waals surface area contributed by atoms with E-state index in [1.54, 1.807) is 27.5 Å². The van der Waals surface area contributed by atoms with E-state index in [1.165, 1.54) is 4.68 Å². The van der Waals surface area contributed by atoms with Crippen molar-refractivity contribution >= 4 is 21.8 Å². The van der Waals surface area contributed by atoms with Crippen LogP contribution in [-0.4, -0.2) is 36.5 Å². The number of carbonyl (C=O) groups is 1. The van der Waals surface area contributed by atoms with Crippen molar-refractivity contribution in [3.8, 4) is 11.5 Å². The molecule has 2 aromatic rings. The van der Waals surface area contributed by atoms with Crippen LogP contribution < -0.4 is 14.8 Å². The molecule has 0 spiro atoms. The molecule has 0 bridgehead atoms. The Labute approximate surface area is 137 Å². The van der Waals surface area contributed by atoms with E-state index >= 15 is 0 Å². The van der Waals surface area contributed by atoms with Crippen molar-refractivity contribution in [2.75, 3.05) is 20.8 Å². The first-order valence-corrected chi connectivity index (χ1v) is 7.52. The summed E-state index contributed by atoms with van der Waals surface area (Å²) >= 11 is 3.31. The SMILES string of the molecule is COc1ccc(CCNC(=O)c2c(Br)cnn2C)cc1OC. The summed E-state index contributed by atoms with van der Waals surface area (Å²) in [6, 6.07) is 5.71. The molecule has 22 heavy (non-hydrogen) atoms. The summed E-state index contributed by atoms with van der Waals surface area (Å²) < 4.78 is 12.7. The molecule has 0 fully saturated rings. The van der Waals surface area contributed by atoms with Crippen LogP contribution in [0.1, 0.15) is 16.1 Å². The molecule has 0 aliphatic rings. The van der Waals surface area contributed by atoms with Crippen molar-refractivity contribution in [3.63, 3.8) is 0 Å². The highest BCUT2D eigenvalue weighted by molar-refractivity contribution is 9.10. The Kier molecular flexibility index (Phi) is 5.43. The minimum atomic E-state index is -0.160. The molecular weight excluding hydrogens is 350 g/mol. The van der Waals surface area contributed by atoms with Crippen molar-refractivity contribution < 1.29 is 14.3 Å². The van der Waals surface area contributed by atoms with Gasteiger partial charge >= 0.3 is 0 Å². The van der Waals surface area contributed by atoms with Gasteiger partial charge in [0.05, 0.1) is 24.9 Å². The van der Waals surface area contributed by atoms with E-state index in [1.807, 2.05) is 18.2 Å². The molecule has 0 radical (unpaired) electrons. The molecule has 1 aromatic heterocycles. The fourth-order valence-electron chi connectivity index (χ4n) is 2.11. The Morgan fingerprint density at radius 1 is 1.32 bits per heavy atom. The van der Waals surface area contributed by atoms with E-state index in [0.29, 0.717) is 34.6 Å². The number of carbonyl (C=O) groups excluding carboxylic acids is 1. The van der Waals surface area contributed by atoms with E-state index in [9.17, 15) is 4.79 Å². The molecule has 0 saturated heterocycles. The summed E-state index contributed by atoms with van der Waals surface area (Å²) in [4.78, 5) is 12.1. The Morgan fingerprint density at radius 2 is 2.05 bits per heavy atom. The lowest BCUT2D eigenvalue weighted by Crippen LogP contribution is -2.28. The average Bonchev–Trinajstić information content (AvgIpc) is 2.86. The second kappa shape index (κ2) is 7.31. The second-order valence-corrected chi connectivity index (χ2v) is 5.51. The fourth-order valence-corrected chi connectivity index (χ4v) is 2.63. The smallest absolute Gasteiger partial charge is 0.270 e. The van der Waals surface area contributed by atoms with E-state index in [4.69, 9.17) is 9.47 Å².